The molecule has 1 N–H and O–H groups in total. The number of piperidine rings is 1. The number of aromatic nitrogens is 1. The van der Waals surface area contributed by atoms with E-state index in [1.54, 1.807) is 0 Å². The van der Waals surface area contributed by atoms with E-state index in [1.807, 2.05) is 12.4 Å². The molecule has 1 spiro atoms. The first-order valence-corrected chi connectivity index (χ1v) is 9.29. The Morgan fingerprint density at radius 1 is 1.21 bits per heavy atom. The Hall–Kier alpha value is -1.46. The van der Waals surface area contributed by atoms with E-state index in [4.69, 9.17) is 4.74 Å². The van der Waals surface area contributed by atoms with Gasteiger partial charge in [0, 0.05) is 38.6 Å². The van der Waals surface area contributed by atoms with Crippen molar-refractivity contribution in [2.24, 2.45) is 5.92 Å². The highest BCUT2D eigenvalue weighted by atomic mass is 16.5. The zero-order chi connectivity index (χ0) is 16.4. The molecule has 1 aromatic heterocycles. The summed E-state index contributed by atoms with van der Waals surface area (Å²) in [6.07, 6.45) is 9.98. The van der Waals surface area contributed by atoms with E-state index < -0.39 is 0 Å². The second-order valence-corrected chi connectivity index (χ2v) is 7.65. The van der Waals surface area contributed by atoms with E-state index in [0.29, 0.717) is 0 Å². The van der Waals surface area contributed by atoms with Crippen molar-refractivity contribution in [2.75, 3.05) is 19.6 Å². The highest BCUT2D eigenvalue weighted by molar-refractivity contribution is 5.81. The maximum Gasteiger partial charge on any atom is 0.249 e. The molecule has 1 saturated carbocycles. The van der Waals surface area contributed by atoms with E-state index in [0.717, 1.165) is 57.8 Å². The van der Waals surface area contributed by atoms with Crippen LogP contribution in [0.3, 0.4) is 0 Å². The number of likely N-dealkylation sites (tertiary alicyclic amines) is 1. The first-order valence-electron chi connectivity index (χ1n) is 9.29. The molecule has 1 amide bonds. The van der Waals surface area contributed by atoms with Crippen molar-refractivity contribution in [1.29, 1.82) is 0 Å². The molecule has 3 aliphatic rings. The number of nitrogens with zero attached hydrogens (tertiary/aromatic N) is 2. The van der Waals surface area contributed by atoms with Crippen molar-refractivity contribution in [1.82, 2.24) is 15.2 Å². The molecule has 5 heteroatoms. The summed E-state index contributed by atoms with van der Waals surface area (Å²) in [4.78, 5) is 18.8. The summed E-state index contributed by atoms with van der Waals surface area (Å²) in [5.41, 5.74) is 1.25. The van der Waals surface area contributed by atoms with Crippen LogP contribution in [0.5, 0.6) is 0 Å². The number of rotatable bonds is 5. The Morgan fingerprint density at radius 3 is 2.67 bits per heavy atom. The maximum absolute atomic E-state index is 12.3. The van der Waals surface area contributed by atoms with Gasteiger partial charge < -0.3 is 10.1 Å². The second kappa shape index (κ2) is 6.81. The van der Waals surface area contributed by atoms with Crippen molar-refractivity contribution in [3.8, 4) is 0 Å². The first kappa shape index (κ1) is 16.0. The monoisotopic (exact) mass is 329 g/mol. The molecule has 0 aromatic carbocycles. The largest absolute Gasteiger partial charge is 0.362 e. The molecule has 5 nitrogen and oxygen atoms in total. The standard InChI is InChI=1S/C19H27N3O2/c23-18(21-13-15-1-2-15)17-3-6-19(24-17)7-11-22(12-8-19)14-16-4-9-20-10-5-16/h4-5,9-10,15,17H,1-3,6-8,11-14H2,(H,21,23)/t17-/m0/s1. The molecule has 1 aliphatic carbocycles. The van der Waals surface area contributed by atoms with E-state index in [9.17, 15) is 4.79 Å². The Morgan fingerprint density at radius 2 is 1.96 bits per heavy atom. The van der Waals surface area contributed by atoms with Crippen LogP contribution in [0.15, 0.2) is 24.5 Å². The molecule has 3 fully saturated rings. The lowest BCUT2D eigenvalue weighted by molar-refractivity contribution is -0.140. The number of amides is 1. The van der Waals surface area contributed by atoms with Gasteiger partial charge in [0.15, 0.2) is 0 Å². The Labute approximate surface area is 143 Å². The SMILES string of the molecule is O=C(NCC1CC1)[C@@H]1CCC2(CCN(Cc3ccncc3)CC2)O1. The Balaban J connectivity index is 1.25. The van der Waals surface area contributed by atoms with E-state index >= 15 is 0 Å². The van der Waals surface area contributed by atoms with Crippen molar-refractivity contribution in [2.45, 2.75) is 56.8 Å². The van der Waals surface area contributed by atoms with Crippen LogP contribution in [0.4, 0.5) is 0 Å². The summed E-state index contributed by atoms with van der Waals surface area (Å²) in [5.74, 6) is 0.832. The molecule has 0 radical (unpaired) electrons. The van der Waals surface area contributed by atoms with Gasteiger partial charge in [-0.05, 0) is 62.1 Å². The fourth-order valence-electron chi connectivity index (χ4n) is 3.91. The molecule has 0 unspecified atom stereocenters. The van der Waals surface area contributed by atoms with Gasteiger partial charge in [-0.2, -0.15) is 0 Å². The van der Waals surface area contributed by atoms with Gasteiger partial charge in [0.05, 0.1) is 5.60 Å². The minimum Gasteiger partial charge on any atom is -0.362 e. The quantitative estimate of drug-likeness (QED) is 0.899. The lowest BCUT2D eigenvalue weighted by Crippen LogP contribution is -2.45. The minimum atomic E-state index is -0.226. The number of nitrogens with one attached hydrogen (secondary N) is 1. The Kier molecular flexibility index (Phi) is 4.55. The number of carbonyl (C=O) groups is 1. The predicted molar refractivity (Wildman–Crippen MR) is 91.3 cm³/mol. The van der Waals surface area contributed by atoms with E-state index in [2.05, 4.69) is 27.3 Å². The van der Waals surface area contributed by atoms with Crippen molar-refractivity contribution in [3.05, 3.63) is 30.1 Å². The third kappa shape index (κ3) is 3.78. The zero-order valence-corrected chi connectivity index (χ0v) is 14.2. The Bertz CT molecular complexity index is 565. The van der Waals surface area contributed by atoms with Gasteiger partial charge >= 0.3 is 0 Å². The lowest BCUT2D eigenvalue weighted by atomic mass is 9.88. The predicted octanol–water partition coefficient (Wildman–Crippen LogP) is 2.12. The number of pyridine rings is 1. The van der Waals surface area contributed by atoms with Gasteiger partial charge in [0.1, 0.15) is 6.10 Å². The molecular formula is C19H27N3O2. The molecule has 1 aromatic rings. The summed E-state index contributed by atoms with van der Waals surface area (Å²) in [5, 5.41) is 3.07. The highest BCUT2D eigenvalue weighted by Crippen LogP contribution is 2.39. The van der Waals surface area contributed by atoms with Crippen molar-refractivity contribution >= 4 is 5.91 Å². The minimum absolute atomic E-state index is 0.0592. The van der Waals surface area contributed by atoms with Crippen LogP contribution in [0, 0.1) is 5.92 Å². The van der Waals surface area contributed by atoms with Crippen molar-refractivity contribution < 1.29 is 9.53 Å². The number of carbonyl (C=O) groups excluding carboxylic acids is 1. The van der Waals surface area contributed by atoms with Gasteiger partial charge in [-0.1, -0.05) is 0 Å². The van der Waals surface area contributed by atoms with Crippen molar-refractivity contribution in [3.63, 3.8) is 0 Å². The van der Waals surface area contributed by atoms with Gasteiger partial charge in [-0.3, -0.25) is 14.7 Å². The number of hydrogen-bond donors (Lipinski definition) is 1. The van der Waals surface area contributed by atoms with Gasteiger partial charge in [-0.15, -0.1) is 0 Å². The number of ether oxygens (including phenoxy) is 1. The molecule has 24 heavy (non-hydrogen) atoms. The summed E-state index contributed by atoms with van der Waals surface area (Å²) in [6, 6.07) is 4.16. The topological polar surface area (TPSA) is 54.5 Å². The third-order valence-corrected chi connectivity index (χ3v) is 5.73. The van der Waals surface area contributed by atoms with Gasteiger partial charge in [0.25, 0.3) is 0 Å². The highest BCUT2D eigenvalue weighted by Gasteiger charge is 2.44. The van der Waals surface area contributed by atoms with Gasteiger partial charge in [0.2, 0.25) is 5.91 Å². The zero-order valence-electron chi connectivity index (χ0n) is 14.2. The summed E-state index contributed by atoms with van der Waals surface area (Å²) < 4.78 is 6.25. The van der Waals surface area contributed by atoms with Crippen LogP contribution in [-0.4, -0.2) is 47.1 Å². The third-order valence-electron chi connectivity index (χ3n) is 5.73. The molecule has 0 bridgehead atoms. The molecule has 130 valence electrons. The molecule has 1 atom stereocenters. The average molecular weight is 329 g/mol. The van der Waals surface area contributed by atoms with Crippen LogP contribution in [0.1, 0.15) is 44.1 Å². The normalized spacial score (nSPS) is 26.6. The summed E-state index contributed by atoms with van der Waals surface area (Å²) in [6.45, 7) is 3.90. The van der Waals surface area contributed by atoms with E-state index in [-0.39, 0.29) is 17.6 Å². The molecule has 4 rings (SSSR count). The molecule has 2 aliphatic heterocycles. The van der Waals surface area contributed by atoms with Crippen LogP contribution >= 0.6 is 0 Å². The van der Waals surface area contributed by atoms with Crippen LogP contribution < -0.4 is 5.32 Å². The second-order valence-electron chi connectivity index (χ2n) is 7.65. The fraction of sp³-hybridized carbons (Fsp3) is 0.684. The smallest absolute Gasteiger partial charge is 0.249 e. The lowest BCUT2D eigenvalue weighted by Gasteiger charge is -2.39. The molecule has 3 heterocycles. The molecular weight excluding hydrogens is 302 g/mol. The van der Waals surface area contributed by atoms with Crippen LogP contribution in [0.2, 0.25) is 0 Å². The van der Waals surface area contributed by atoms with Crippen LogP contribution in [0.25, 0.3) is 0 Å². The molecule has 2 saturated heterocycles. The summed E-state index contributed by atoms with van der Waals surface area (Å²) >= 11 is 0. The summed E-state index contributed by atoms with van der Waals surface area (Å²) in [7, 11) is 0. The maximum atomic E-state index is 12.3. The average Bonchev–Trinajstić information content (AvgIpc) is 3.36. The first-order chi connectivity index (χ1) is 11.7. The number of hydrogen-bond acceptors (Lipinski definition) is 4. The fourth-order valence-corrected chi connectivity index (χ4v) is 3.91. The van der Waals surface area contributed by atoms with Crippen LogP contribution in [-0.2, 0) is 16.1 Å². The van der Waals surface area contributed by atoms with E-state index in [1.165, 1.54) is 18.4 Å². The van der Waals surface area contributed by atoms with Gasteiger partial charge in [-0.25, -0.2) is 0 Å².